The molecule has 0 saturated carbocycles. The lowest BCUT2D eigenvalue weighted by atomic mass is 10.2. The number of hydrogen-bond acceptors (Lipinski definition) is 6. The fraction of sp³-hybridized carbons (Fsp3) is 0.211. The number of nitrogens with one attached hydrogen (secondary N) is 1. The van der Waals surface area contributed by atoms with E-state index in [1.807, 2.05) is 24.3 Å². The SMILES string of the molecule is OC(CNc1ccnc2ccc(Br)cc12)COc1ccc2c(c1)OCO2. The zero-order chi connectivity index (χ0) is 17.9. The third-order valence-electron chi connectivity index (χ3n) is 4.02. The summed E-state index contributed by atoms with van der Waals surface area (Å²) in [6, 6.07) is 13.1. The van der Waals surface area contributed by atoms with Crippen molar-refractivity contribution in [2.75, 3.05) is 25.3 Å². The summed E-state index contributed by atoms with van der Waals surface area (Å²) in [6.45, 7) is 0.747. The van der Waals surface area contributed by atoms with E-state index in [9.17, 15) is 5.11 Å². The van der Waals surface area contributed by atoms with Crippen LogP contribution in [0.15, 0.2) is 53.1 Å². The van der Waals surface area contributed by atoms with Gasteiger partial charge in [-0.1, -0.05) is 15.9 Å². The van der Waals surface area contributed by atoms with Gasteiger partial charge in [-0.25, -0.2) is 0 Å². The van der Waals surface area contributed by atoms with Crippen LogP contribution in [-0.4, -0.2) is 36.1 Å². The quantitative estimate of drug-likeness (QED) is 0.639. The van der Waals surface area contributed by atoms with Crippen LogP contribution >= 0.6 is 15.9 Å². The summed E-state index contributed by atoms with van der Waals surface area (Å²) in [5.41, 5.74) is 1.81. The number of aromatic nitrogens is 1. The topological polar surface area (TPSA) is 72.8 Å². The van der Waals surface area contributed by atoms with E-state index in [0.29, 0.717) is 23.8 Å². The first-order valence-corrected chi connectivity index (χ1v) is 8.97. The van der Waals surface area contributed by atoms with E-state index < -0.39 is 6.10 Å². The molecule has 2 aromatic carbocycles. The van der Waals surface area contributed by atoms with E-state index in [0.717, 1.165) is 21.1 Å². The summed E-state index contributed by atoms with van der Waals surface area (Å²) < 4.78 is 17.2. The molecule has 2 heterocycles. The highest BCUT2D eigenvalue weighted by Crippen LogP contribution is 2.35. The van der Waals surface area contributed by atoms with Crippen molar-refractivity contribution in [1.82, 2.24) is 4.98 Å². The monoisotopic (exact) mass is 416 g/mol. The van der Waals surface area contributed by atoms with Gasteiger partial charge in [-0.2, -0.15) is 0 Å². The predicted molar refractivity (Wildman–Crippen MR) is 102 cm³/mol. The molecule has 1 aliphatic heterocycles. The van der Waals surface area contributed by atoms with Crippen LogP contribution in [0.4, 0.5) is 5.69 Å². The van der Waals surface area contributed by atoms with Gasteiger partial charge in [-0.05, 0) is 36.4 Å². The molecule has 1 unspecified atom stereocenters. The molecule has 4 rings (SSSR count). The summed E-state index contributed by atoms with van der Waals surface area (Å²) in [7, 11) is 0. The highest BCUT2D eigenvalue weighted by Gasteiger charge is 2.14. The standard InChI is InChI=1S/C19H17BrN2O4/c20-12-1-3-16-15(7-12)17(5-6-21-16)22-9-13(23)10-24-14-2-4-18-19(8-14)26-11-25-18/h1-8,13,23H,9-11H2,(H,21,22). The van der Waals surface area contributed by atoms with Crippen LogP contribution in [0.5, 0.6) is 17.2 Å². The summed E-state index contributed by atoms with van der Waals surface area (Å²) in [5, 5.41) is 14.5. The van der Waals surface area contributed by atoms with E-state index in [1.165, 1.54) is 0 Å². The first-order valence-electron chi connectivity index (χ1n) is 8.18. The number of aliphatic hydroxyl groups is 1. The van der Waals surface area contributed by atoms with Crippen molar-refractivity contribution in [1.29, 1.82) is 0 Å². The number of nitrogens with zero attached hydrogens (tertiary/aromatic N) is 1. The van der Waals surface area contributed by atoms with Gasteiger partial charge in [0, 0.05) is 34.4 Å². The molecule has 0 amide bonds. The van der Waals surface area contributed by atoms with Crippen molar-refractivity contribution < 1.29 is 19.3 Å². The van der Waals surface area contributed by atoms with E-state index in [4.69, 9.17) is 14.2 Å². The number of halogens is 1. The van der Waals surface area contributed by atoms with Crippen molar-refractivity contribution in [2.45, 2.75) is 6.10 Å². The molecular weight excluding hydrogens is 400 g/mol. The van der Waals surface area contributed by atoms with Crippen LogP contribution in [0.25, 0.3) is 10.9 Å². The molecule has 0 saturated heterocycles. The van der Waals surface area contributed by atoms with Crippen LogP contribution in [0.3, 0.4) is 0 Å². The molecule has 7 heteroatoms. The smallest absolute Gasteiger partial charge is 0.231 e. The Labute approximate surface area is 158 Å². The predicted octanol–water partition coefficient (Wildman–Crippen LogP) is 3.58. The fourth-order valence-corrected chi connectivity index (χ4v) is 3.08. The zero-order valence-electron chi connectivity index (χ0n) is 13.8. The number of rotatable bonds is 6. The van der Waals surface area contributed by atoms with Gasteiger partial charge in [0.25, 0.3) is 0 Å². The Kier molecular flexibility index (Phi) is 4.81. The molecule has 3 aromatic rings. The summed E-state index contributed by atoms with van der Waals surface area (Å²) in [6.07, 6.45) is 1.07. The average Bonchev–Trinajstić information content (AvgIpc) is 3.12. The first kappa shape index (κ1) is 16.9. The number of pyridine rings is 1. The molecule has 1 aliphatic rings. The highest BCUT2D eigenvalue weighted by atomic mass is 79.9. The number of anilines is 1. The fourth-order valence-electron chi connectivity index (χ4n) is 2.72. The van der Waals surface area contributed by atoms with Crippen LogP contribution in [0, 0.1) is 0 Å². The molecule has 0 bridgehead atoms. The Balaban J connectivity index is 1.35. The van der Waals surface area contributed by atoms with Gasteiger partial charge in [0.15, 0.2) is 11.5 Å². The van der Waals surface area contributed by atoms with Crippen LogP contribution in [-0.2, 0) is 0 Å². The zero-order valence-corrected chi connectivity index (χ0v) is 15.4. The second-order valence-corrected chi connectivity index (χ2v) is 6.80. The third kappa shape index (κ3) is 3.68. The Morgan fingerprint density at radius 3 is 2.96 bits per heavy atom. The number of ether oxygens (including phenoxy) is 3. The maximum absolute atomic E-state index is 10.2. The molecular formula is C19H17BrN2O4. The Bertz CT molecular complexity index is 935. The summed E-state index contributed by atoms with van der Waals surface area (Å²) in [4.78, 5) is 4.34. The largest absolute Gasteiger partial charge is 0.491 e. The number of fused-ring (bicyclic) bond motifs is 2. The lowest BCUT2D eigenvalue weighted by molar-refractivity contribution is 0.117. The minimum absolute atomic E-state index is 0.166. The number of hydrogen-bond donors (Lipinski definition) is 2. The van der Waals surface area contributed by atoms with E-state index >= 15 is 0 Å². The van der Waals surface area contributed by atoms with Gasteiger partial charge in [-0.15, -0.1) is 0 Å². The molecule has 0 aliphatic carbocycles. The minimum atomic E-state index is -0.671. The molecule has 0 radical (unpaired) electrons. The lowest BCUT2D eigenvalue weighted by Gasteiger charge is -2.15. The Morgan fingerprint density at radius 1 is 1.15 bits per heavy atom. The Morgan fingerprint density at radius 2 is 2.04 bits per heavy atom. The van der Waals surface area contributed by atoms with Gasteiger partial charge in [0.2, 0.25) is 6.79 Å². The molecule has 6 nitrogen and oxygen atoms in total. The van der Waals surface area contributed by atoms with Crippen molar-refractivity contribution in [3.8, 4) is 17.2 Å². The molecule has 0 fully saturated rings. The highest BCUT2D eigenvalue weighted by molar-refractivity contribution is 9.10. The van der Waals surface area contributed by atoms with E-state index in [2.05, 4.69) is 26.2 Å². The van der Waals surface area contributed by atoms with E-state index in [-0.39, 0.29) is 13.4 Å². The molecule has 0 spiro atoms. The second kappa shape index (κ2) is 7.39. The summed E-state index contributed by atoms with van der Waals surface area (Å²) in [5.74, 6) is 1.99. The van der Waals surface area contributed by atoms with Gasteiger partial charge >= 0.3 is 0 Å². The van der Waals surface area contributed by atoms with E-state index in [1.54, 1.807) is 24.4 Å². The number of benzene rings is 2. The average molecular weight is 417 g/mol. The summed E-state index contributed by atoms with van der Waals surface area (Å²) >= 11 is 3.47. The molecule has 134 valence electrons. The molecule has 1 atom stereocenters. The normalized spacial score (nSPS) is 13.6. The third-order valence-corrected chi connectivity index (χ3v) is 4.51. The Hall–Kier alpha value is -2.51. The molecule has 2 N–H and O–H groups in total. The van der Waals surface area contributed by atoms with Gasteiger partial charge in [0.05, 0.1) is 5.52 Å². The van der Waals surface area contributed by atoms with Gasteiger partial charge in [0.1, 0.15) is 18.5 Å². The maximum Gasteiger partial charge on any atom is 0.231 e. The van der Waals surface area contributed by atoms with Gasteiger partial charge < -0.3 is 24.6 Å². The van der Waals surface area contributed by atoms with Crippen molar-refractivity contribution in [2.24, 2.45) is 0 Å². The lowest BCUT2D eigenvalue weighted by Crippen LogP contribution is -2.26. The van der Waals surface area contributed by atoms with Crippen LogP contribution in [0.2, 0.25) is 0 Å². The van der Waals surface area contributed by atoms with Crippen LogP contribution in [0.1, 0.15) is 0 Å². The van der Waals surface area contributed by atoms with Crippen molar-refractivity contribution in [3.05, 3.63) is 53.1 Å². The van der Waals surface area contributed by atoms with Crippen LogP contribution < -0.4 is 19.5 Å². The first-order chi connectivity index (χ1) is 12.7. The maximum atomic E-state index is 10.2. The number of aliphatic hydroxyl groups excluding tert-OH is 1. The van der Waals surface area contributed by atoms with Crippen molar-refractivity contribution in [3.63, 3.8) is 0 Å². The van der Waals surface area contributed by atoms with Crippen molar-refractivity contribution >= 4 is 32.5 Å². The second-order valence-electron chi connectivity index (χ2n) is 5.88. The molecule has 26 heavy (non-hydrogen) atoms. The molecule has 1 aromatic heterocycles. The minimum Gasteiger partial charge on any atom is -0.491 e. The van der Waals surface area contributed by atoms with Gasteiger partial charge in [-0.3, -0.25) is 4.98 Å².